The molecular formula is C9H12BrNO2. The molecule has 72 valence electrons. The van der Waals surface area contributed by atoms with Crippen molar-refractivity contribution in [2.45, 2.75) is 13.0 Å². The Hall–Kier alpha value is -0.610. The first-order chi connectivity index (χ1) is 6.22. The van der Waals surface area contributed by atoms with E-state index in [9.17, 15) is 0 Å². The van der Waals surface area contributed by atoms with Crippen LogP contribution in [0.5, 0.6) is 5.75 Å². The minimum absolute atomic E-state index is 0.0491. The summed E-state index contributed by atoms with van der Waals surface area (Å²) in [5.74, 6) is 0.757. The van der Waals surface area contributed by atoms with Gasteiger partial charge in [0, 0.05) is 7.11 Å². The number of methoxy groups -OCH3 is 1. The lowest BCUT2D eigenvalue weighted by Crippen LogP contribution is -2.17. The third kappa shape index (κ3) is 3.74. The van der Waals surface area contributed by atoms with Crippen molar-refractivity contribution in [2.75, 3.05) is 13.7 Å². The summed E-state index contributed by atoms with van der Waals surface area (Å²) in [6.07, 6.45) is 1.73. The number of rotatable bonds is 4. The molecule has 4 heteroatoms. The molecule has 3 nitrogen and oxygen atoms in total. The van der Waals surface area contributed by atoms with Crippen molar-refractivity contribution in [3.8, 4) is 5.75 Å². The summed E-state index contributed by atoms with van der Waals surface area (Å²) in [5, 5.41) is 0. The van der Waals surface area contributed by atoms with Crippen molar-refractivity contribution >= 4 is 15.9 Å². The fourth-order valence-electron chi connectivity index (χ4n) is 0.933. The average molecular weight is 246 g/mol. The van der Waals surface area contributed by atoms with Gasteiger partial charge in [0.1, 0.15) is 16.5 Å². The zero-order valence-corrected chi connectivity index (χ0v) is 9.24. The molecule has 0 spiro atoms. The summed E-state index contributed by atoms with van der Waals surface area (Å²) < 4.78 is 11.3. The molecule has 1 heterocycles. The molecule has 0 amide bonds. The molecule has 1 unspecified atom stereocenters. The van der Waals surface area contributed by atoms with E-state index in [2.05, 4.69) is 20.9 Å². The maximum absolute atomic E-state index is 5.50. The Morgan fingerprint density at radius 1 is 1.54 bits per heavy atom. The number of halogens is 1. The third-order valence-electron chi connectivity index (χ3n) is 1.44. The zero-order chi connectivity index (χ0) is 9.68. The highest BCUT2D eigenvalue weighted by Gasteiger charge is 2.02. The van der Waals surface area contributed by atoms with Crippen LogP contribution < -0.4 is 4.74 Å². The van der Waals surface area contributed by atoms with E-state index < -0.39 is 0 Å². The van der Waals surface area contributed by atoms with E-state index in [-0.39, 0.29) is 6.10 Å². The van der Waals surface area contributed by atoms with Gasteiger partial charge in [-0.3, -0.25) is 0 Å². The molecule has 0 N–H and O–H groups in total. The van der Waals surface area contributed by atoms with E-state index in [0.717, 1.165) is 10.4 Å². The van der Waals surface area contributed by atoms with E-state index in [1.165, 1.54) is 0 Å². The van der Waals surface area contributed by atoms with E-state index in [0.29, 0.717) is 6.61 Å². The first-order valence-corrected chi connectivity index (χ1v) is 4.79. The van der Waals surface area contributed by atoms with Crippen LogP contribution in [0.2, 0.25) is 0 Å². The number of hydrogen-bond donors (Lipinski definition) is 0. The molecule has 13 heavy (non-hydrogen) atoms. The van der Waals surface area contributed by atoms with Gasteiger partial charge in [-0.2, -0.15) is 0 Å². The second kappa shape index (κ2) is 5.19. The summed E-state index contributed by atoms with van der Waals surface area (Å²) >= 11 is 3.25. The van der Waals surface area contributed by atoms with Gasteiger partial charge in [-0.15, -0.1) is 0 Å². The topological polar surface area (TPSA) is 31.4 Å². The molecule has 1 atom stereocenters. The van der Waals surface area contributed by atoms with Gasteiger partial charge >= 0.3 is 0 Å². The predicted molar refractivity (Wildman–Crippen MR) is 53.9 cm³/mol. The van der Waals surface area contributed by atoms with Gasteiger partial charge in [0.2, 0.25) is 0 Å². The second-order valence-electron chi connectivity index (χ2n) is 2.70. The van der Waals surface area contributed by atoms with Crippen LogP contribution in [0.1, 0.15) is 6.92 Å². The van der Waals surface area contributed by atoms with Gasteiger partial charge in [0.05, 0.1) is 12.8 Å². The standard InChI is InChI=1S/C9H12BrNO2/c1-7(6-12-2)13-8-3-4-9(10)11-5-8/h3-5,7H,6H2,1-2H3. The molecule has 0 aliphatic carbocycles. The molecule has 0 radical (unpaired) electrons. The van der Waals surface area contributed by atoms with Gasteiger partial charge in [-0.1, -0.05) is 0 Å². The quantitative estimate of drug-likeness (QED) is 0.763. The Balaban J connectivity index is 2.49. The largest absolute Gasteiger partial charge is 0.487 e. The number of ether oxygens (including phenoxy) is 2. The lowest BCUT2D eigenvalue weighted by molar-refractivity contribution is 0.0918. The summed E-state index contributed by atoms with van der Waals surface area (Å²) in [7, 11) is 1.65. The Kier molecular flexibility index (Phi) is 4.18. The van der Waals surface area contributed by atoms with Crippen LogP contribution in [0.3, 0.4) is 0 Å². The normalized spacial score (nSPS) is 12.5. The molecule has 0 aliphatic rings. The SMILES string of the molecule is COCC(C)Oc1ccc(Br)nc1. The van der Waals surface area contributed by atoms with E-state index >= 15 is 0 Å². The number of nitrogens with zero attached hydrogens (tertiary/aromatic N) is 1. The van der Waals surface area contributed by atoms with Crippen LogP contribution in [0.15, 0.2) is 22.9 Å². The highest BCUT2D eigenvalue weighted by Crippen LogP contribution is 2.13. The van der Waals surface area contributed by atoms with Crippen LogP contribution in [0.4, 0.5) is 0 Å². The molecule has 1 aromatic rings. The maximum atomic E-state index is 5.50. The minimum Gasteiger partial charge on any atom is -0.487 e. The van der Waals surface area contributed by atoms with Crippen LogP contribution in [-0.2, 0) is 4.74 Å². The van der Waals surface area contributed by atoms with Crippen molar-refractivity contribution in [3.05, 3.63) is 22.9 Å². The number of pyridine rings is 1. The first kappa shape index (κ1) is 10.5. The molecule has 0 fully saturated rings. The molecule has 0 aromatic carbocycles. The Morgan fingerprint density at radius 3 is 2.85 bits per heavy atom. The average Bonchev–Trinajstić information content (AvgIpc) is 2.09. The van der Waals surface area contributed by atoms with E-state index in [1.807, 2.05) is 19.1 Å². The van der Waals surface area contributed by atoms with Crippen molar-refractivity contribution in [1.29, 1.82) is 0 Å². The molecule has 0 bridgehead atoms. The Labute approximate surface area is 86.2 Å². The molecule has 0 aliphatic heterocycles. The molecule has 0 saturated carbocycles. The third-order valence-corrected chi connectivity index (χ3v) is 1.91. The van der Waals surface area contributed by atoms with Crippen LogP contribution in [-0.4, -0.2) is 24.8 Å². The van der Waals surface area contributed by atoms with Gasteiger partial charge < -0.3 is 9.47 Å². The number of aromatic nitrogens is 1. The van der Waals surface area contributed by atoms with Crippen molar-refractivity contribution in [2.24, 2.45) is 0 Å². The van der Waals surface area contributed by atoms with Crippen LogP contribution >= 0.6 is 15.9 Å². The number of hydrogen-bond acceptors (Lipinski definition) is 3. The fourth-order valence-corrected chi connectivity index (χ4v) is 1.17. The lowest BCUT2D eigenvalue weighted by atomic mass is 10.4. The lowest BCUT2D eigenvalue weighted by Gasteiger charge is -2.12. The van der Waals surface area contributed by atoms with Gasteiger partial charge in [0.25, 0.3) is 0 Å². The van der Waals surface area contributed by atoms with E-state index in [1.54, 1.807) is 13.3 Å². The molecule has 1 rings (SSSR count). The van der Waals surface area contributed by atoms with Crippen molar-refractivity contribution in [3.63, 3.8) is 0 Å². The monoisotopic (exact) mass is 245 g/mol. The maximum Gasteiger partial charge on any atom is 0.138 e. The van der Waals surface area contributed by atoms with Gasteiger partial charge in [-0.05, 0) is 35.0 Å². The summed E-state index contributed by atoms with van der Waals surface area (Å²) in [6, 6.07) is 3.71. The van der Waals surface area contributed by atoms with E-state index in [4.69, 9.17) is 9.47 Å². The summed E-state index contributed by atoms with van der Waals surface area (Å²) in [4.78, 5) is 4.04. The second-order valence-corrected chi connectivity index (χ2v) is 3.51. The van der Waals surface area contributed by atoms with Gasteiger partial charge in [-0.25, -0.2) is 4.98 Å². The highest BCUT2D eigenvalue weighted by molar-refractivity contribution is 9.10. The van der Waals surface area contributed by atoms with Crippen LogP contribution in [0, 0.1) is 0 Å². The minimum atomic E-state index is 0.0491. The molecule has 0 saturated heterocycles. The molecular weight excluding hydrogens is 234 g/mol. The summed E-state index contributed by atoms with van der Waals surface area (Å²) in [6.45, 7) is 2.53. The smallest absolute Gasteiger partial charge is 0.138 e. The fraction of sp³-hybridized carbons (Fsp3) is 0.444. The predicted octanol–water partition coefficient (Wildman–Crippen LogP) is 2.26. The first-order valence-electron chi connectivity index (χ1n) is 3.99. The van der Waals surface area contributed by atoms with Crippen LogP contribution in [0.25, 0.3) is 0 Å². The van der Waals surface area contributed by atoms with Gasteiger partial charge in [0.15, 0.2) is 0 Å². The molecule has 1 aromatic heterocycles. The Bertz CT molecular complexity index is 250. The van der Waals surface area contributed by atoms with Crippen molar-refractivity contribution < 1.29 is 9.47 Å². The Morgan fingerprint density at radius 2 is 2.31 bits per heavy atom. The highest BCUT2D eigenvalue weighted by atomic mass is 79.9. The zero-order valence-electron chi connectivity index (χ0n) is 7.66. The van der Waals surface area contributed by atoms with Crippen molar-refractivity contribution in [1.82, 2.24) is 4.98 Å². The summed E-state index contributed by atoms with van der Waals surface area (Å²) in [5.41, 5.74) is 0.